The van der Waals surface area contributed by atoms with Gasteiger partial charge in [0.1, 0.15) is 5.75 Å². The van der Waals surface area contributed by atoms with Gasteiger partial charge in [-0.05, 0) is 36.6 Å². The van der Waals surface area contributed by atoms with Gasteiger partial charge in [0.05, 0.1) is 19.3 Å². The van der Waals surface area contributed by atoms with Crippen molar-refractivity contribution in [2.75, 3.05) is 32.2 Å². The number of fused-ring (bicyclic) bond motifs is 1. The summed E-state index contributed by atoms with van der Waals surface area (Å²) in [5.74, 6) is 1.55. The van der Waals surface area contributed by atoms with E-state index in [9.17, 15) is 4.79 Å². The molecule has 1 saturated heterocycles. The first kappa shape index (κ1) is 14.7. The first-order valence-corrected chi connectivity index (χ1v) is 8.04. The number of benzene rings is 1. The van der Waals surface area contributed by atoms with Gasteiger partial charge in [0, 0.05) is 31.0 Å². The summed E-state index contributed by atoms with van der Waals surface area (Å²) in [5, 5.41) is 0. The van der Waals surface area contributed by atoms with E-state index in [1.807, 2.05) is 23.1 Å². The number of piperidine rings is 1. The minimum Gasteiger partial charge on any atom is -0.493 e. The summed E-state index contributed by atoms with van der Waals surface area (Å²) in [5.41, 5.74) is 1.90. The number of carbonyl (C=O) groups is 1. The molecule has 2 heterocycles. The van der Waals surface area contributed by atoms with Gasteiger partial charge >= 0.3 is 0 Å². The van der Waals surface area contributed by atoms with Crippen LogP contribution in [0.15, 0.2) is 18.2 Å². The maximum absolute atomic E-state index is 12.5. The summed E-state index contributed by atoms with van der Waals surface area (Å²) >= 11 is 5.63. The Hall–Kier alpha value is -1.26. The zero-order valence-corrected chi connectivity index (χ0v) is 12.8. The molecule has 0 aliphatic carbocycles. The van der Waals surface area contributed by atoms with E-state index < -0.39 is 0 Å². The summed E-state index contributed by atoms with van der Waals surface area (Å²) in [6.07, 6.45) is 2.90. The van der Waals surface area contributed by atoms with Gasteiger partial charge in [-0.2, -0.15) is 0 Å². The van der Waals surface area contributed by atoms with Gasteiger partial charge in [0.2, 0.25) is 0 Å². The highest BCUT2D eigenvalue weighted by molar-refractivity contribution is 6.17. The SMILES string of the molecule is O=C(c1ccc2c(c1)CCO2)N1CCC(OCCCl)CC1. The molecule has 21 heavy (non-hydrogen) atoms. The van der Waals surface area contributed by atoms with Gasteiger partial charge < -0.3 is 14.4 Å². The lowest BCUT2D eigenvalue weighted by atomic mass is 10.0. The van der Waals surface area contributed by atoms with Gasteiger partial charge in [-0.25, -0.2) is 0 Å². The number of hydrogen-bond donors (Lipinski definition) is 0. The third kappa shape index (κ3) is 3.33. The minimum absolute atomic E-state index is 0.112. The first-order chi connectivity index (χ1) is 10.3. The molecule has 114 valence electrons. The number of rotatable bonds is 4. The molecule has 0 unspecified atom stereocenters. The fourth-order valence-electron chi connectivity index (χ4n) is 2.94. The van der Waals surface area contributed by atoms with E-state index in [4.69, 9.17) is 21.1 Å². The van der Waals surface area contributed by atoms with Crippen molar-refractivity contribution in [3.63, 3.8) is 0 Å². The summed E-state index contributed by atoms with van der Waals surface area (Å²) in [6.45, 7) is 2.81. The fraction of sp³-hybridized carbons (Fsp3) is 0.562. The Morgan fingerprint density at radius 1 is 1.38 bits per heavy atom. The predicted octanol–water partition coefficient (Wildman–Crippen LogP) is 2.48. The van der Waals surface area contributed by atoms with Crippen LogP contribution in [0.4, 0.5) is 0 Å². The van der Waals surface area contributed by atoms with Crippen molar-refractivity contribution in [2.45, 2.75) is 25.4 Å². The highest BCUT2D eigenvalue weighted by Gasteiger charge is 2.25. The maximum Gasteiger partial charge on any atom is 0.253 e. The highest BCUT2D eigenvalue weighted by Crippen LogP contribution is 2.27. The quantitative estimate of drug-likeness (QED) is 0.802. The van der Waals surface area contributed by atoms with Crippen molar-refractivity contribution in [3.05, 3.63) is 29.3 Å². The van der Waals surface area contributed by atoms with Gasteiger partial charge in [-0.15, -0.1) is 11.6 Å². The summed E-state index contributed by atoms with van der Waals surface area (Å²) in [7, 11) is 0. The molecule has 1 amide bonds. The van der Waals surface area contributed by atoms with Crippen LogP contribution in [0.5, 0.6) is 5.75 Å². The molecule has 0 atom stereocenters. The Labute approximate surface area is 130 Å². The van der Waals surface area contributed by atoms with Crippen LogP contribution >= 0.6 is 11.6 Å². The molecule has 2 aliphatic rings. The molecule has 0 saturated carbocycles. The molecule has 0 bridgehead atoms. The molecule has 0 N–H and O–H groups in total. The topological polar surface area (TPSA) is 38.8 Å². The first-order valence-electron chi connectivity index (χ1n) is 7.50. The second-order valence-electron chi connectivity index (χ2n) is 5.47. The smallest absolute Gasteiger partial charge is 0.253 e. The predicted molar refractivity (Wildman–Crippen MR) is 81.2 cm³/mol. The van der Waals surface area contributed by atoms with E-state index in [2.05, 4.69) is 0 Å². The average molecular weight is 310 g/mol. The average Bonchev–Trinajstić information content (AvgIpc) is 3.00. The van der Waals surface area contributed by atoms with Gasteiger partial charge in [0.15, 0.2) is 0 Å². The third-order valence-electron chi connectivity index (χ3n) is 4.10. The van der Waals surface area contributed by atoms with E-state index in [1.165, 1.54) is 0 Å². The third-order valence-corrected chi connectivity index (χ3v) is 4.25. The van der Waals surface area contributed by atoms with Gasteiger partial charge in [0.25, 0.3) is 5.91 Å². The zero-order valence-electron chi connectivity index (χ0n) is 12.0. The fourth-order valence-corrected chi connectivity index (χ4v) is 3.03. The Bertz CT molecular complexity index is 512. The van der Waals surface area contributed by atoms with Crippen LogP contribution in [0, 0.1) is 0 Å². The molecular formula is C16H20ClNO3. The number of alkyl halides is 1. The van der Waals surface area contributed by atoms with Crippen LogP contribution in [0.1, 0.15) is 28.8 Å². The van der Waals surface area contributed by atoms with Crippen molar-refractivity contribution >= 4 is 17.5 Å². The number of ether oxygens (including phenoxy) is 2. The minimum atomic E-state index is 0.112. The maximum atomic E-state index is 12.5. The van der Waals surface area contributed by atoms with Crippen LogP contribution in [0.25, 0.3) is 0 Å². The normalized spacial score (nSPS) is 18.4. The van der Waals surface area contributed by atoms with Gasteiger partial charge in [-0.3, -0.25) is 4.79 Å². The zero-order chi connectivity index (χ0) is 14.7. The summed E-state index contributed by atoms with van der Waals surface area (Å²) in [4.78, 5) is 14.5. The van der Waals surface area contributed by atoms with Gasteiger partial charge in [-0.1, -0.05) is 0 Å². The molecule has 1 aromatic carbocycles. The van der Waals surface area contributed by atoms with Crippen LogP contribution < -0.4 is 4.74 Å². The second-order valence-corrected chi connectivity index (χ2v) is 5.85. The number of amides is 1. The van der Waals surface area contributed by atoms with Crippen molar-refractivity contribution < 1.29 is 14.3 Å². The molecule has 0 aromatic heterocycles. The van der Waals surface area contributed by atoms with Crippen LogP contribution in [0.3, 0.4) is 0 Å². The Morgan fingerprint density at radius 2 is 2.19 bits per heavy atom. The molecule has 1 aromatic rings. The Kier molecular flexibility index (Phi) is 4.66. The second kappa shape index (κ2) is 6.67. The van der Waals surface area contributed by atoms with E-state index in [0.29, 0.717) is 12.5 Å². The van der Waals surface area contributed by atoms with E-state index >= 15 is 0 Å². The van der Waals surface area contributed by atoms with Crippen LogP contribution in [-0.2, 0) is 11.2 Å². The largest absolute Gasteiger partial charge is 0.493 e. The number of halogens is 1. The Balaban J connectivity index is 1.59. The number of nitrogens with zero attached hydrogens (tertiary/aromatic N) is 1. The van der Waals surface area contributed by atoms with Crippen molar-refractivity contribution in [1.29, 1.82) is 0 Å². The van der Waals surface area contributed by atoms with E-state index in [1.54, 1.807) is 0 Å². The standard InChI is InChI=1S/C16H20ClNO3/c17-6-10-20-14-3-7-18(8-4-14)16(19)13-1-2-15-12(11-13)5-9-21-15/h1-2,11,14H,3-10H2. The van der Waals surface area contributed by atoms with E-state index in [-0.39, 0.29) is 12.0 Å². The molecule has 5 heteroatoms. The van der Waals surface area contributed by atoms with Crippen LogP contribution in [-0.4, -0.2) is 49.1 Å². The molecule has 4 nitrogen and oxygen atoms in total. The number of likely N-dealkylation sites (tertiary alicyclic amines) is 1. The highest BCUT2D eigenvalue weighted by atomic mass is 35.5. The van der Waals surface area contributed by atoms with Crippen molar-refractivity contribution in [2.24, 2.45) is 0 Å². The van der Waals surface area contributed by atoms with E-state index in [0.717, 1.165) is 55.8 Å². The molecule has 2 aliphatic heterocycles. The molecule has 0 radical (unpaired) electrons. The lowest BCUT2D eigenvalue weighted by Crippen LogP contribution is -2.41. The summed E-state index contributed by atoms with van der Waals surface area (Å²) < 4.78 is 11.1. The van der Waals surface area contributed by atoms with Crippen LogP contribution in [0.2, 0.25) is 0 Å². The monoisotopic (exact) mass is 309 g/mol. The molecule has 1 fully saturated rings. The summed E-state index contributed by atoms with van der Waals surface area (Å²) in [6, 6.07) is 5.75. The lowest BCUT2D eigenvalue weighted by molar-refractivity contribution is 0.0154. The van der Waals surface area contributed by atoms with Crippen molar-refractivity contribution in [1.82, 2.24) is 4.90 Å². The molecular weight excluding hydrogens is 290 g/mol. The molecule has 3 rings (SSSR count). The lowest BCUT2D eigenvalue weighted by Gasteiger charge is -2.32. The number of carbonyl (C=O) groups excluding carboxylic acids is 1. The number of hydrogen-bond acceptors (Lipinski definition) is 3. The molecule has 0 spiro atoms. The Morgan fingerprint density at radius 3 is 2.95 bits per heavy atom. The van der Waals surface area contributed by atoms with Crippen molar-refractivity contribution in [3.8, 4) is 5.75 Å².